The van der Waals surface area contributed by atoms with Crippen LogP contribution < -0.4 is 0 Å². The fourth-order valence-electron chi connectivity index (χ4n) is 0.806. The Labute approximate surface area is 66.8 Å². The Kier molecular flexibility index (Phi) is 1.46. The molecule has 11 heavy (non-hydrogen) atoms. The number of rotatable bonds is 1. The minimum Gasteiger partial charge on any atom is -0.155 e. The minimum atomic E-state index is 0.708. The van der Waals surface area contributed by atoms with Gasteiger partial charge in [-0.25, -0.2) is 0 Å². The zero-order valence-electron chi connectivity index (χ0n) is 5.80. The number of hydrogen-bond acceptors (Lipinski definition) is 5. The van der Waals surface area contributed by atoms with E-state index in [9.17, 15) is 0 Å². The summed E-state index contributed by atoms with van der Waals surface area (Å²) in [4.78, 5) is 1.03. The first kappa shape index (κ1) is 6.53. The van der Waals surface area contributed by atoms with Gasteiger partial charge in [0.05, 0.1) is 11.1 Å². The Morgan fingerprint density at radius 3 is 3.27 bits per heavy atom. The molecule has 0 saturated carbocycles. The average Bonchev–Trinajstić information content (AvgIpc) is 2.50. The standard InChI is InChI=1S/C5H5N5S/c1-11-4-2-3-6-10-5(4)7-8-9-10/h2-3H,1H3. The molecule has 0 bridgehead atoms. The number of fused-ring (bicyclic) bond motifs is 1. The molecule has 0 atom stereocenters. The van der Waals surface area contributed by atoms with Gasteiger partial charge in [-0.2, -0.15) is 5.10 Å². The van der Waals surface area contributed by atoms with Crippen LogP contribution in [0.4, 0.5) is 0 Å². The van der Waals surface area contributed by atoms with E-state index in [1.54, 1.807) is 18.0 Å². The van der Waals surface area contributed by atoms with Crippen molar-refractivity contribution in [2.75, 3.05) is 6.26 Å². The smallest absolute Gasteiger partial charge is 0.155 e. The van der Waals surface area contributed by atoms with Gasteiger partial charge < -0.3 is 0 Å². The van der Waals surface area contributed by atoms with Gasteiger partial charge in [-0.15, -0.1) is 21.5 Å². The van der Waals surface area contributed by atoms with Gasteiger partial charge in [0.25, 0.3) is 0 Å². The van der Waals surface area contributed by atoms with Gasteiger partial charge in [0.2, 0.25) is 5.65 Å². The SMILES string of the molecule is CSc1ccnn2nnnc12. The highest BCUT2D eigenvalue weighted by Crippen LogP contribution is 2.16. The summed E-state index contributed by atoms with van der Waals surface area (Å²) in [5.41, 5.74) is 0.708. The van der Waals surface area contributed by atoms with Crippen LogP contribution >= 0.6 is 11.8 Å². The van der Waals surface area contributed by atoms with Crippen molar-refractivity contribution >= 4 is 17.4 Å². The number of aromatic nitrogens is 5. The quantitative estimate of drug-likeness (QED) is 0.569. The predicted octanol–water partition coefficient (Wildman–Crippen LogP) is 0.241. The summed E-state index contributed by atoms with van der Waals surface area (Å²) in [5.74, 6) is 0. The van der Waals surface area contributed by atoms with Gasteiger partial charge in [-0.05, 0) is 22.7 Å². The van der Waals surface area contributed by atoms with Gasteiger partial charge >= 0.3 is 0 Å². The van der Waals surface area contributed by atoms with E-state index in [0.717, 1.165) is 4.90 Å². The van der Waals surface area contributed by atoms with Crippen LogP contribution in [0, 0.1) is 0 Å². The van der Waals surface area contributed by atoms with E-state index in [1.807, 2.05) is 12.3 Å². The molecule has 0 N–H and O–H groups in total. The second-order valence-electron chi connectivity index (χ2n) is 1.89. The van der Waals surface area contributed by atoms with E-state index in [-0.39, 0.29) is 0 Å². The maximum atomic E-state index is 3.92. The molecule has 2 aromatic heterocycles. The maximum Gasteiger partial charge on any atom is 0.213 e. The van der Waals surface area contributed by atoms with Gasteiger partial charge in [0.15, 0.2) is 0 Å². The van der Waals surface area contributed by atoms with Gasteiger partial charge in [-0.1, -0.05) is 0 Å². The van der Waals surface area contributed by atoms with E-state index >= 15 is 0 Å². The molecule has 0 aromatic carbocycles. The first-order valence-corrected chi connectivity index (χ1v) is 4.21. The van der Waals surface area contributed by atoms with E-state index in [4.69, 9.17) is 0 Å². The molecular weight excluding hydrogens is 162 g/mol. The van der Waals surface area contributed by atoms with Crippen molar-refractivity contribution in [2.45, 2.75) is 4.90 Å². The fraction of sp³-hybridized carbons (Fsp3) is 0.200. The van der Waals surface area contributed by atoms with Gasteiger partial charge in [-0.3, -0.25) is 0 Å². The van der Waals surface area contributed by atoms with Crippen LogP contribution in [0.1, 0.15) is 0 Å². The van der Waals surface area contributed by atoms with Crippen molar-refractivity contribution in [3.8, 4) is 0 Å². The van der Waals surface area contributed by atoms with E-state index in [0.29, 0.717) is 5.65 Å². The van der Waals surface area contributed by atoms with Gasteiger partial charge in [0, 0.05) is 0 Å². The highest BCUT2D eigenvalue weighted by molar-refractivity contribution is 7.98. The monoisotopic (exact) mass is 167 g/mol. The van der Waals surface area contributed by atoms with E-state index < -0.39 is 0 Å². The Morgan fingerprint density at radius 1 is 1.55 bits per heavy atom. The molecule has 0 aliphatic rings. The van der Waals surface area contributed by atoms with E-state index in [1.165, 1.54) is 4.63 Å². The maximum absolute atomic E-state index is 3.92. The normalized spacial score (nSPS) is 10.6. The molecule has 0 fully saturated rings. The largest absolute Gasteiger partial charge is 0.213 e. The summed E-state index contributed by atoms with van der Waals surface area (Å²) in [5, 5.41) is 14.9. The zero-order valence-corrected chi connectivity index (χ0v) is 6.62. The van der Waals surface area contributed by atoms with Crippen molar-refractivity contribution < 1.29 is 0 Å². The molecular formula is C5H5N5S. The topological polar surface area (TPSA) is 56.0 Å². The number of thioether (sulfide) groups is 1. The highest BCUT2D eigenvalue weighted by atomic mass is 32.2. The van der Waals surface area contributed by atoms with Gasteiger partial charge in [0.1, 0.15) is 0 Å². The summed E-state index contributed by atoms with van der Waals surface area (Å²) >= 11 is 1.60. The van der Waals surface area contributed by atoms with Crippen molar-refractivity contribution in [3.63, 3.8) is 0 Å². The summed E-state index contributed by atoms with van der Waals surface area (Å²) in [6, 6.07) is 1.89. The lowest BCUT2D eigenvalue weighted by Gasteiger charge is -1.93. The van der Waals surface area contributed by atoms with Crippen LogP contribution in [-0.4, -0.2) is 31.5 Å². The molecule has 56 valence electrons. The number of nitrogens with zero attached hydrogens (tertiary/aromatic N) is 5. The molecule has 0 aliphatic heterocycles. The third kappa shape index (κ3) is 0.949. The molecule has 0 aliphatic carbocycles. The molecule has 0 spiro atoms. The molecule has 6 heteroatoms. The molecule has 0 saturated heterocycles. The van der Waals surface area contributed by atoms with Crippen molar-refractivity contribution in [2.24, 2.45) is 0 Å². The lowest BCUT2D eigenvalue weighted by atomic mass is 10.6. The Hall–Kier alpha value is -1.17. The fourth-order valence-corrected chi connectivity index (χ4v) is 1.31. The third-order valence-electron chi connectivity index (χ3n) is 1.30. The van der Waals surface area contributed by atoms with Crippen LogP contribution in [-0.2, 0) is 0 Å². The molecule has 0 unspecified atom stereocenters. The van der Waals surface area contributed by atoms with Crippen LogP contribution in [0.15, 0.2) is 17.2 Å². The predicted molar refractivity (Wildman–Crippen MR) is 40.4 cm³/mol. The first-order chi connectivity index (χ1) is 5.42. The molecule has 5 nitrogen and oxygen atoms in total. The average molecular weight is 167 g/mol. The molecule has 0 radical (unpaired) electrons. The number of tetrazole rings is 1. The second-order valence-corrected chi connectivity index (χ2v) is 2.74. The van der Waals surface area contributed by atoms with Crippen molar-refractivity contribution in [1.29, 1.82) is 0 Å². The second kappa shape index (κ2) is 2.46. The Bertz CT molecular complexity index is 370. The molecule has 2 rings (SSSR count). The third-order valence-corrected chi connectivity index (χ3v) is 2.05. The lowest BCUT2D eigenvalue weighted by molar-refractivity contribution is 0.729. The van der Waals surface area contributed by atoms with Crippen molar-refractivity contribution in [1.82, 2.24) is 25.3 Å². The summed E-state index contributed by atoms with van der Waals surface area (Å²) in [6.07, 6.45) is 3.65. The van der Waals surface area contributed by atoms with Crippen molar-refractivity contribution in [3.05, 3.63) is 12.3 Å². The van der Waals surface area contributed by atoms with Crippen LogP contribution in [0.5, 0.6) is 0 Å². The highest BCUT2D eigenvalue weighted by Gasteiger charge is 2.01. The lowest BCUT2D eigenvalue weighted by Crippen LogP contribution is -1.93. The molecule has 0 amide bonds. The van der Waals surface area contributed by atoms with Crippen LogP contribution in [0.3, 0.4) is 0 Å². The summed E-state index contributed by atoms with van der Waals surface area (Å²) < 4.78 is 1.41. The van der Waals surface area contributed by atoms with Crippen LogP contribution in [0.25, 0.3) is 5.65 Å². The molecule has 2 aromatic rings. The summed E-state index contributed by atoms with van der Waals surface area (Å²) in [6.45, 7) is 0. The Morgan fingerprint density at radius 2 is 2.45 bits per heavy atom. The first-order valence-electron chi connectivity index (χ1n) is 2.99. The minimum absolute atomic E-state index is 0.708. The Balaban J connectivity index is 2.79. The number of hydrogen-bond donors (Lipinski definition) is 0. The summed E-state index contributed by atoms with van der Waals surface area (Å²) in [7, 11) is 0. The van der Waals surface area contributed by atoms with Crippen LogP contribution in [0.2, 0.25) is 0 Å². The van der Waals surface area contributed by atoms with E-state index in [2.05, 4.69) is 20.6 Å². The molecule has 2 heterocycles. The zero-order chi connectivity index (χ0) is 7.68.